The lowest BCUT2D eigenvalue weighted by Gasteiger charge is -2.37. The molecule has 0 radical (unpaired) electrons. The molecule has 2 unspecified atom stereocenters. The maximum atomic E-state index is 12.4. The molecule has 3 N–H and O–H groups in total. The number of hydrogen-bond donors (Lipinski definition) is 2. The van der Waals surface area contributed by atoms with Gasteiger partial charge in [0, 0.05) is 12.5 Å². The number of amides is 1. The van der Waals surface area contributed by atoms with Crippen LogP contribution in [0.15, 0.2) is 0 Å². The first kappa shape index (κ1) is 14.0. The molecule has 1 aliphatic heterocycles. The monoisotopic (exact) mass is 242 g/mol. The van der Waals surface area contributed by atoms with Crippen LogP contribution < -0.4 is 11.1 Å². The van der Waals surface area contributed by atoms with E-state index in [1.807, 2.05) is 20.8 Å². The van der Waals surface area contributed by atoms with Crippen molar-refractivity contribution in [2.24, 2.45) is 17.6 Å². The number of primary amides is 1. The topological polar surface area (TPSA) is 81.4 Å². The zero-order valence-electron chi connectivity index (χ0n) is 10.8. The highest BCUT2D eigenvalue weighted by molar-refractivity contribution is 5.91. The van der Waals surface area contributed by atoms with Crippen molar-refractivity contribution in [2.45, 2.75) is 39.2 Å². The molecule has 5 heteroatoms. The van der Waals surface area contributed by atoms with E-state index in [-0.39, 0.29) is 17.6 Å². The van der Waals surface area contributed by atoms with E-state index in [1.165, 1.54) is 0 Å². The maximum absolute atomic E-state index is 12.4. The lowest BCUT2D eigenvalue weighted by Crippen LogP contribution is -2.57. The second-order valence-electron chi connectivity index (χ2n) is 5.09. The molecule has 0 aromatic rings. The van der Waals surface area contributed by atoms with Gasteiger partial charge in [-0.1, -0.05) is 20.8 Å². The molecule has 0 aromatic carbocycles. The zero-order valence-corrected chi connectivity index (χ0v) is 10.8. The number of ether oxygens (including phenoxy) is 1. The minimum atomic E-state index is -1.06. The average Bonchev–Trinajstić information content (AvgIpc) is 2.27. The molecule has 0 aromatic heterocycles. The fraction of sp³-hybridized carbons (Fsp3) is 0.833. The Balaban J connectivity index is 2.88. The van der Waals surface area contributed by atoms with Crippen LogP contribution in [0.4, 0.5) is 4.79 Å². The van der Waals surface area contributed by atoms with Crippen molar-refractivity contribution in [2.75, 3.05) is 13.1 Å². The van der Waals surface area contributed by atoms with Crippen LogP contribution in [0.1, 0.15) is 33.6 Å². The maximum Gasteiger partial charge on any atom is 0.405 e. The molecular weight excluding hydrogens is 220 g/mol. The van der Waals surface area contributed by atoms with Crippen molar-refractivity contribution in [1.82, 2.24) is 5.32 Å². The number of piperidine rings is 1. The first-order chi connectivity index (χ1) is 7.89. The van der Waals surface area contributed by atoms with Gasteiger partial charge < -0.3 is 15.8 Å². The van der Waals surface area contributed by atoms with Crippen molar-refractivity contribution in [3.05, 3.63) is 0 Å². The first-order valence-electron chi connectivity index (χ1n) is 6.12. The van der Waals surface area contributed by atoms with Gasteiger partial charge in [-0.3, -0.25) is 4.79 Å². The van der Waals surface area contributed by atoms with E-state index in [1.54, 1.807) is 0 Å². The lowest BCUT2D eigenvalue weighted by molar-refractivity contribution is -0.144. The number of ketones is 1. The molecule has 1 saturated heterocycles. The molecule has 1 aliphatic rings. The summed E-state index contributed by atoms with van der Waals surface area (Å²) >= 11 is 0. The summed E-state index contributed by atoms with van der Waals surface area (Å²) < 4.78 is 5.14. The Hall–Kier alpha value is -1.10. The van der Waals surface area contributed by atoms with Gasteiger partial charge >= 0.3 is 6.09 Å². The number of Topliss-reactive ketones (excluding diaryl/α,β-unsaturated/α-hetero) is 1. The minimum Gasteiger partial charge on any atom is -0.434 e. The number of nitrogens with one attached hydrogen (secondary N) is 1. The molecule has 0 bridgehead atoms. The molecule has 1 heterocycles. The van der Waals surface area contributed by atoms with E-state index in [0.717, 1.165) is 13.0 Å². The van der Waals surface area contributed by atoms with Crippen LogP contribution in [0.3, 0.4) is 0 Å². The minimum absolute atomic E-state index is 0.0292. The van der Waals surface area contributed by atoms with Gasteiger partial charge in [0.2, 0.25) is 0 Å². The molecule has 0 aliphatic carbocycles. The van der Waals surface area contributed by atoms with Gasteiger partial charge in [-0.15, -0.1) is 0 Å². The number of rotatable bonds is 4. The van der Waals surface area contributed by atoms with Crippen molar-refractivity contribution < 1.29 is 14.3 Å². The summed E-state index contributed by atoms with van der Waals surface area (Å²) in [6.45, 7) is 7.04. The standard InChI is InChI=1S/C12H22N2O3/c1-8(2)9(3)10(15)12(17-11(13)16)5-4-6-14-7-12/h8-9,14H,4-7H2,1-3H3,(H2,13,16). The van der Waals surface area contributed by atoms with Gasteiger partial charge in [0.05, 0.1) is 0 Å². The molecule has 2 atom stereocenters. The van der Waals surface area contributed by atoms with Crippen molar-refractivity contribution >= 4 is 11.9 Å². The molecular formula is C12H22N2O3. The fourth-order valence-corrected chi connectivity index (χ4v) is 2.14. The first-order valence-corrected chi connectivity index (χ1v) is 6.12. The molecule has 1 fully saturated rings. The van der Waals surface area contributed by atoms with E-state index >= 15 is 0 Å². The van der Waals surface area contributed by atoms with E-state index in [4.69, 9.17) is 10.5 Å². The summed E-state index contributed by atoms with van der Waals surface area (Å²) in [7, 11) is 0. The molecule has 1 rings (SSSR count). The summed E-state index contributed by atoms with van der Waals surface area (Å²) in [5.74, 6) is 0.0468. The molecule has 98 valence electrons. The van der Waals surface area contributed by atoms with Gasteiger partial charge in [0.15, 0.2) is 11.4 Å². The molecule has 17 heavy (non-hydrogen) atoms. The van der Waals surface area contributed by atoms with Crippen LogP contribution in [0, 0.1) is 11.8 Å². The number of carbonyl (C=O) groups excluding carboxylic acids is 2. The summed E-state index contributed by atoms with van der Waals surface area (Å²) in [5.41, 5.74) is 4.02. The lowest BCUT2D eigenvalue weighted by atomic mass is 9.79. The zero-order chi connectivity index (χ0) is 13.1. The van der Waals surface area contributed by atoms with Crippen molar-refractivity contribution in [3.63, 3.8) is 0 Å². The second kappa shape index (κ2) is 5.49. The van der Waals surface area contributed by atoms with Gasteiger partial charge in [-0.05, 0) is 25.3 Å². The average molecular weight is 242 g/mol. The van der Waals surface area contributed by atoms with Crippen LogP contribution in [-0.4, -0.2) is 30.6 Å². The van der Waals surface area contributed by atoms with Crippen LogP contribution in [0.25, 0.3) is 0 Å². The Morgan fingerprint density at radius 2 is 2.00 bits per heavy atom. The van der Waals surface area contributed by atoms with Gasteiger partial charge in [0.1, 0.15) is 0 Å². The second-order valence-corrected chi connectivity index (χ2v) is 5.09. The van der Waals surface area contributed by atoms with Crippen LogP contribution in [0.2, 0.25) is 0 Å². The summed E-state index contributed by atoms with van der Waals surface area (Å²) in [6, 6.07) is 0. The predicted molar refractivity (Wildman–Crippen MR) is 64.5 cm³/mol. The molecule has 0 spiro atoms. The van der Waals surface area contributed by atoms with E-state index in [0.29, 0.717) is 13.0 Å². The Kier molecular flexibility index (Phi) is 4.51. The van der Waals surface area contributed by atoms with Gasteiger partial charge in [-0.2, -0.15) is 0 Å². The third-order valence-corrected chi connectivity index (χ3v) is 3.50. The van der Waals surface area contributed by atoms with Crippen LogP contribution >= 0.6 is 0 Å². The highest BCUT2D eigenvalue weighted by atomic mass is 16.6. The number of carbonyl (C=O) groups is 2. The summed E-state index contributed by atoms with van der Waals surface area (Å²) in [6.07, 6.45) is 0.487. The van der Waals surface area contributed by atoms with E-state index < -0.39 is 11.7 Å². The normalized spacial score (nSPS) is 26.6. The van der Waals surface area contributed by atoms with E-state index in [9.17, 15) is 9.59 Å². The molecule has 0 saturated carbocycles. The van der Waals surface area contributed by atoms with Crippen LogP contribution in [0.5, 0.6) is 0 Å². The molecule has 1 amide bonds. The smallest absolute Gasteiger partial charge is 0.405 e. The quantitative estimate of drug-likeness (QED) is 0.772. The Morgan fingerprint density at radius 3 is 2.41 bits per heavy atom. The summed E-state index contributed by atoms with van der Waals surface area (Å²) in [4.78, 5) is 23.4. The van der Waals surface area contributed by atoms with Crippen molar-refractivity contribution in [3.8, 4) is 0 Å². The van der Waals surface area contributed by atoms with E-state index in [2.05, 4.69) is 5.32 Å². The third-order valence-electron chi connectivity index (χ3n) is 3.50. The van der Waals surface area contributed by atoms with Crippen LogP contribution in [-0.2, 0) is 9.53 Å². The number of hydrogen-bond acceptors (Lipinski definition) is 4. The van der Waals surface area contributed by atoms with Gasteiger partial charge in [0.25, 0.3) is 0 Å². The molecule has 5 nitrogen and oxygen atoms in total. The summed E-state index contributed by atoms with van der Waals surface area (Å²) in [5, 5.41) is 3.10. The Morgan fingerprint density at radius 1 is 1.35 bits per heavy atom. The third kappa shape index (κ3) is 3.19. The largest absolute Gasteiger partial charge is 0.434 e. The Labute approximate surface area is 102 Å². The van der Waals surface area contributed by atoms with Gasteiger partial charge in [-0.25, -0.2) is 4.79 Å². The van der Waals surface area contributed by atoms with Crippen molar-refractivity contribution in [1.29, 1.82) is 0 Å². The number of nitrogens with two attached hydrogens (primary N) is 1. The highest BCUT2D eigenvalue weighted by Gasteiger charge is 2.45. The highest BCUT2D eigenvalue weighted by Crippen LogP contribution is 2.28. The fourth-order valence-electron chi connectivity index (χ4n) is 2.14. The Bertz CT molecular complexity index is 296. The predicted octanol–water partition coefficient (Wildman–Crippen LogP) is 1.07. The SMILES string of the molecule is CC(C)C(C)C(=O)C1(OC(N)=O)CCCNC1.